The summed E-state index contributed by atoms with van der Waals surface area (Å²) in [5.74, 6) is -0.309. The summed E-state index contributed by atoms with van der Waals surface area (Å²) in [5.41, 5.74) is 0.409. The Bertz CT molecular complexity index is 306. The second-order valence-electron chi connectivity index (χ2n) is 3.07. The van der Waals surface area contributed by atoms with Crippen LogP contribution >= 0.6 is 15.9 Å². The average molecular weight is 262 g/mol. The van der Waals surface area contributed by atoms with Gasteiger partial charge in [0.25, 0.3) is 0 Å². The van der Waals surface area contributed by atoms with Crippen LogP contribution in [0.15, 0.2) is 22.7 Å². The predicted molar refractivity (Wildman–Crippen MR) is 58.9 cm³/mol. The number of nitrogens with one attached hydrogen (secondary N) is 1. The van der Waals surface area contributed by atoms with Crippen molar-refractivity contribution in [2.45, 2.75) is 19.4 Å². The summed E-state index contributed by atoms with van der Waals surface area (Å²) in [6.07, 6.45) is 0.219. The van der Waals surface area contributed by atoms with E-state index in [1.807, 2.05) is 6.92 Å². The molecule has 0 spiro atoms. The molecule has 0 saturated carbocycles. The van der Waals surface area contributed by atoms with Gasteiger partial charge in [-0.15, -0.1) is 0 Å². The molecule has 0 heterocycles. The van der Waals surface area contributed by atoms with Crippen LogP contribution in [0.5, 0.6) is 0 Å². The van der Waals surface area contributed by atoms with E-state index in [2.05, 4.69) is 21.2 Å². The molecule has 1 aromatic rings. The first-order valence-corrected chi connectivity index (χ1v) is 5.29. The first-order valence-electron chi connectivity index (χ1n) is 4.50. The summed E-state index contributed by atoms with van der Waals surface area (Å²) in [5, 5.41) is 12.1. The molecule has 0 aliphatic carbocycles. The number of aliphatic hydroxyl groups excluding tert-OH is 1. The minimum absolute atomic E-state index is 0.309. The monoisotopic (exact) mass is 261 g/mol. The lowest BCUT2D eigenvalue weighted by atomic mass is 10.2. The highest BCUT2D eigenvalue weighted by molar-refractivity contribution is 9.10. The van der Waals surface area contributed by atoms with Gasteiger partial charge in [-0.25, -0.2) is 4.39 Å². The van der Waals surface area contributed by atoms with Gasteiger partial charge in [-0.2, -0.15) is 0 Å². The molecule has 0 aliphatic rings. The maximum atomic E-state index is 13.2. The fourth-order valence-corrected chi connectivity index (χ4v) is 1.37. The Morgan fingerprint density at radius 2 is 2.29 bits per heavy atom. The van der Waals surface area contributed by atoms with Crippen molar-refractivity contribution in [3.05, 3.63) is 28.5 Å². The van der Waals surface area contributed by atoms with Crippen molar-refractivity contribution >= 4 is 21.6 Å². The molecule has 0 aromatic heterocycles. The van der Waals surface area contributed by atoms with Gasteiger partial charge in [-0.3, -0.25) is 0 Å². The molecule has 0 unspecified atom stereocenters. The summed E-state index contributed by atoms with van der Waals surface area (Å²) in [6.45, 7) is 2.24. The van der Waals surface area contributed by atoms with Crippen molar-refractivity contribution in [1.82, 2.24) is 0 Å². The van der Waals surface area contributed by atoms with Crippen molar-refractivity contribution in [2.24, 2.45) is 0 Å². The number of rotatable bonds is 4. The first kappa shape index (κ1) is 11.5. The van der Waals surface area contributed by atoms with Crippen molar-refractivity contribution in [3.63, 3.8) is 0 Å². The number of anilines is 1. The van der Waals surface area contributed by atoms with E-state index in [1.54, 1.807) is 12.1 Å². The standard InChI is InChI=1S/C10H13BrFNO/c1-2-8(14)6-13-10-5-7(11)3-4-9(10)12/h3-5,8,13-14H,2,6H2,1H3/t8-/m0/s1. The van der Waals surface area contributed by atoms with Crippen molar-refractivity contribution < 1.29 is 9.50 Å². The van der Waals surface area contributed by atoms with Crippen molar-refractivity contribution in [1.29, 1.82) is 0 Å². The highest BCUT2D eigenvalue weighted by Crippen LogP contribution is 2.19. The zero-order valence-corrected chi connectivity index (χ0v) is 9.51. The molecule has 0 saturated heterocycles. The lowest BCUT2D eigenvalue weighted by Crippen LogP contribution is -2.18. The first-order chi connectivity index (χ1) is 6.63. The van der Waals surface area contributed by atoms with E-state index in [9.17, 15) is 9.50 Å². The maximum absolute atomic E-state index is 13.2. The molecule has 4 heteroatoms. The van der Waals surface area contributed by atoms with Crippen LogP contribution in [0, 0.1) is 5.82 Å². The lowest BCUT2D eigenvalue weighted by molar-refractivity contribution is 0.183. The largest absolute Gasteiger partial charge is 0.391 e. The van der Waals surface area contributed by atoms with Crippen molar-refractivity contribution in [2.75, 3.05) is 11.9 Å². The zero-order valence-electron chi connectivity index (χ0n) is 7.93. The molecule has 0 bridgehead atoms. The summed E-state index contributed by atoms with van der Waals surface area (Å²) in [6, 6.07) is 4.67. The van der Waals surface area contributed by atoms with Crippen LogP contribution in [0.25, 0.3) is 0 Å². The van der Waals surface area contributed by atoms with Gasteiger partial charge in [0.15, 0.2) is 0 Å². The van der Waals surface area contributed by atoms with Gasteiger partial charge in [-0.1, -0.05) is 22.9 Å². The van der Waals surface area contributed by atoms with Gasteiger partial charge in [0.05, 0.1) is 11.8 Å². The molecule has 2 nitrogen and oxygen atoms in total. The lowest BCUT2D eigenvalue weighted by Gasteiger charge is -2.11. The van der Waals surface area contributed by atoms with Crippen LogP contribution in [0.3, 0.4) is 0 Å². The topological polar surface area (TPSA) is 32.3 Å². The molecule has 1 atom stereocenters. The number of benzene rings is 1. The third kappa shape index (κ3) is 3.27. The van der Waals surface area contributed by atoms with E-state index in [4.69, 9.17) is 0 Å². The van der Waals surface area contributed by atoms with E-state index >= 15 is 0 Å². The Labute approximate surface area is 91.3 Å². The molecule has 0 aliphatic heterocycles. The Morgan fingerprint density at radius 1 is 1.57 bits per heavy atom. The highest BCUT2D eigenvalue weighted by Gasteiger charge is 2.04. The summed E-state index contributed by atoms with van der Waals surface area (Å²) in [4.78, 5) is 0. The number of halogens is 2. The smallest absolute Gasteiger partial charge is 0.146 e. The third-order valence-electron chi connectivity index (χ3n) is 1.93. The second-order valence-corrected chi connectivity index (χ2v) is 3.98. The van der Waals surface area contributed by atoms with Crippen LogP contribution in [-0.4, -0.2) is 17.8 Å². The molecule has 1 aromatic carbocycles. The fraction of sp³-hybridized carbons (Fsp3) is 0.400. The van der Waals surface area contributed by atoms with Crippen LogP contribution in [0.2, 0.25) is 0 Å². The predicted octanol–water partition coefficient (Wildman–Crippen LogP) is 2.77. The van der Waals surface area contributed by atoms with Gasteiger partial charge in [0, 0.05) is 11.0 Å². The Hall–Kier alpha value is -0.610. The zero-order chi connectivity index (χ0) is 10.6. The number of hydrogen-bond donors (Lipinski definition) is 2. The van der Waals surface area contributed by atoms with Crippen LogP contribution < -0.4 is 5.32 Å². The molecule has 1 rings (SSSR count). The number of hydrogen-bond acceptors (Lipinski definition) is 2. The van der Waals surface area contributed by atoms with Crippen LogP contribution in [0.4, 0.5) is 10.1 Å². The summed E-state index contributed by atoms with van der Waals surface area (Å²) in [7, 11) is 0. The minimum atomic E-state index is -0.437. The molecule has 14 heavy (non-hydrogen) atoms. The van der Waals surface area contributed by atoms with E-state index in [0.29, 0.717) is 18.7 Å². The summed E-state index contributed by atoms with van der Waals surface area (Å²) >= 11 is 3.25. The van der Waals surface area contributed by atoms with E-state index in [0.717, 1.165) is 4.47 Å². The SMILES string of the molecule is CC[C@H](O)CNc1cc(Br)ccc1F. The minimum Gasteiger partial charge on any atom is -0.391 e. The Morgan fingerprint density at radius 3 is 2.93 bits per heavy atom. The van der Waals surface area contributed by atoms with E-state index < -0.39 is 6.10 Å². The molecular weight excluding hydrogens is 249 g/mol. The van der Waals surface area contributed by atoms with Gasteiger partial charge in [-0.05, 0) is 24.6 Å². The fourth-order valence-electron chi connectivity index (χ4n) is 1.01. The molecule has 0 fully saturated rings. The third-order valence-corrected chi connectivity index (χ3v) is 2.42. The van der Waals surface area contributed by atoms with Crippen molar-refractivity contribution in [3.8, 4) is 0 Å². The summed E-state index contributed by atoms with van der Waals surface area (Å²) < 4.78 is 14.0. The van der Waals surface area contributed by atoms with Gasteiger partial charge in [0.1, 0.15) is 5.82 Å². The van der Waals surface area contributed by atoms with Crippen LogP contribution in [0.1, 0.15) is 13.3 Å². The Balaban J connectivity index is 2.62. The highest BCUT2D eigenvalue weighted by atomic mass is 79.9. The average Bonchev–Trinajstić information content (AvgIpc) is 2.19. The second kappa shape index (κ2) is 5.32. The Kier molecular flexibility index (Phi) is 4.35. The molecule has 2 N–H and O–H groups in total. The maximum Gasteiger partial charge on any atom is 0.146 e. The van der Waals surface area contributed by atoms with Gasteiger partial charge >= 0.3 is 0 Å². The molecule has 0 amide bonds. The van der Waals surface area contributed by atoms with E-state index in [-0.39, 0.29) is 5.82 Å². The quantitative estimate of drug-likeness (QED) is 0.874. The normalized spacial score (nSPS) is 12.6. The van der Waals surface area contributed by atoms with Crippen LogP contribution in [-0.2, 0) is 0 Å². The molecule has 78 valence electrons. The van der Waals surface area contributed by atoms with Gasteiger partial charge in [0.2, 0.25) is 0 Å². The number of aliphatic hydroxyl groups is 1. The van der Waals surface area contributed by atoms with Gasteiger partial charge < -0.3 is 10.4 Å². The molecular formula is C10H13BrFNO. The van der Waals surface area contributed by atoms with E-state index in [1.165, 1.54) is 6.07 Å². The molecule has 0 radical (unpaired) electrons.